The third kappa shape index (κ3) is 2.43. The van der Waals surface area contributed by atoms with Gasteiger partial charge in [-0.05, 0) is 60.8 Å². The molecule has 1 saturated heterocycles. The second-order valence-electron chi connectivity index (χ2n) is 8.55. The number of furan rings is 1. The summed E-state index contributed by atoms with van der Waals surface area (Å²) in [7, 11) is 0. The molecule has 5 nitrogen and oxygen atoms in total. The summed E-state index contributed by atoms with van der Waals surface area (Å²) in [6, 6.07) is 9.32. The van der Waals surface area contributed by atoms with Crippen molar-refractivity contribution in [3.63, 3.8) is 0 Å². The van der Waals surface area contributed by atoms with Gasteiger partial charge in [-0.1, -0.05) is 35.9 Å². The minimum absolute atomic E-state index is 0.168. The van der Waals surface area contributed by atoms with Crippen LogP contribution in [-0.4, -0.2) is 23.0 Å². The summed E-state index contributed by atoms with van der Waals surface area (Å²) in [5, 5.41) is 5.96. The van der Waals surface area contributed by atoms with E-state index in [0.717, 1.165) is 22.6 Å². The van der Waals surface area contributed by atoms with E-state index in [-0.39, 0.29) is 35.5 Å². The minimum Gasteiger partial charge on any atom is -0.455 e. The van der Waals surface area contributed by atoms with Crippen LogP contribution >= 0.6 is 11.6 Å². The number of hydrazone groups is 1. The summed E-state index contributed by atoms with van der Waals surface area (Å²) in [6.45, 7) is 1.94. The summed E-state index contributed by atoms with van der Waals surface area (Å²) < 4.78 is 5.82. The van der Waals surface area contributed by atoms with Gasteiger partial charge < -0.3 is 4.42 Å². The molecule has 4 aliphatic carbocycles. The lowest BCUT2D eigenvalue weighted by Gasteiger charge is -2.37. The van der Waals surface area contributed by atoms with Crippen molar-refractivity contribution in [1.82, 2.24) is 5.01 Å². The number of halogens is 1. The molecule has 2 bridgehead atoms. The summed E-state index contributed by atoms with van der Waals surface area (Å²) in [6.07, 6.45) is 6.91. The predicted molar refractivity (Wildman–Crippen MR) is 108 cm³/mol. The topological polar surface area (TPSA) is 62.9 Å². The van der Waals surface area contributed by atoms with Gasteiger partial charge >= 0.3 is 0 Å². The van der Waals surface area contributed by atoms with E-state index in [1.807, 2.05) is 31.2 Å². The molecular weight excluding hydrogens is 388 g/mol. The summed E-state index contributed by atoms with van der Waals surface area (Å²) in [5.74, 6) is 1.90. The van der Waals surface area contributed by atoms with Crippen LogP contribution in [-0.2, 0) is 9.59 Å². The number of carbonyl (C=O) groups excluding carboxylic acids is 2. The monoisotopic (exact) mass is 406 g/mol. The number of nitrogens with zero attached hydrogens (tertiary/aromatic N) is 2. The van der Waals surface area contributed by atoms with Crippen LogP contribution in [0.4, 0.5) is 0 Å². The van der Waals surface area contributed by atoms with Gasteiger partial charge in [0.2, 0.25) is 0 Å². The standard InChI is InChI=1S/C23H19ClN2O3/c1-11-2-3-12(8-18(11)24)19-7-4-13(29-19)10-25-26-22(27)20-14-5-6-15(17-9-16(14)17)21(20)23(26)28/h2-8,10,14-17,20-21H,9H2,1H3/b25-10-/t14-,15-,16-,17+,20-,21+/m0/s1. The van der Waals surface area contributed by atoms with Crippen molar-refractivity contribution in [3.05, 3.63) is 58.8 Å². The first-order valence-electron chi connectivity index (χ1n) is 9.99. The number of benzene rings is 1. The van der Waals surface area contributed by atoms with Gasteiger partial charge in [0.25, 0.3) is 11.8 Å². The van der Waals surface area contributed by atoms with E-state index in [2.05, 4.69) is 17.3 Å². The van der Waals surface area contributed by atoms with E-state index in [9.17, 15) is 9.59 Å². The van der Waals surface area contributed by atoms with Crippen molar-refractivity contribution in [2.45, 2.75) is 13.3 Å². The zero-order valence-electron chi connectivity index (χ0n) is 15.8. The molecule has 0 unspecified atom stereocenters. The molecule has 6 atom stereocenters. The van der Waals surface area contributed by atoms with Crippen molar-refractivity contribution in [2.75, 3.05) is 0 Å². The van der Waals surface area contributed by atoms with E-state index in [0.29, 0.717) is 28.4 Å². The van der Waals surface area contributed by atoms with Crippen LogP contribution in [0.5, 0.6) is 0 Å². The van der Waals surface area contributed by atoms with Crippen molar-refractivity contribution >= 4 is 29.6 Å². The lowest BCUT2D eigenvalue weighted by Crippen LogP contribution is -2.40. The van der Waals surface area contributed by atoms with Crippen LogP contribution in [0.2, 0.25) is 5.02 Å². The van der Waals surface area contributed by atoms with Gasteiger partial charge in [0, 0.05) is 10.6 Å². The first-order valence-corrected chi connectivity index (χ1v) is 10.4. The second-order valence-corrected chi connectivity index (χ2v) is 8.96. The highest BCUT2D eigenvalue weighted by molar-refractivity contribution is 6.31. The number of rotatable bonds is 3. The molecule has 0 N–H and O–H groups in total. The van der Waals surface area contributed by atoms with E-state index < -0.39 is 0 Å². The summed E-state index contributed by atoms with van der Waals surface area (Å²) >= 11 is 6.20. The number of aryl methyl sites for hydroxylation is 1. The molecule has 2 amide bonds. The molecule has 1 aromatic carbocycles. The molecule has 1 aliphatic heterocycles. The van der Waals surface area contributed by atoms with Crippen LogP contribution in [0.25, 0.3) is 11.3 Å². The molecule has 146 valence electrons. The molecule has 3 fully saturated rings. The molecule has 1 aromatic heterocycles. The van der Waals surface area contributed by atoms with Crippen molar-refractivity contribution < 1.29 is 14.0 Å². The zero-order chi connectivity index (χ0) is 19.9. The van der Waals surface area contributed by atoms with Gasteiger partial charge in [-0.2, -0.15) is 10.1 Å². The molecule has 0 radical (unpaired) electrons. The lowest BCUT2D eigenvalue weighted by atomic mass is 9.63. The fraction of sp³-hybridized carbons (Fsp3) is 0.348. The van der Waals surface area contributed by atoms with Crippen LogP contribution in [0.1, 0.15) is 17.7 Å². The van der Waals surface area contributed by atoms with Gasteiger partial charge in [0.05, 0.1) is 18.1 Å². The number of allylic oxidation sites excluding steroid dienone is 2. The molecule has 7 rings (SSSR count). The number of carbonyl (C=O) groups is 2. The summed E-state index contributed by atoms with van der Waals surface area (Å²) in [4.78, 5) is 25.9. The highest BCUT2D eigenvalue weighted by Gasteiger charge is 2.67. The number of amides is 2. The normalized spacial score (nSPS) is 34.2. The van der Waals surface area contributed by atoms with Crippen LogP contribution < -0.4 is 0 Å². The lowest BCUT2D eigenvalue weighted by molar-refractivity contribution is -0.140. The Bertz CT molecular complexity index is 1080. The van der Waals surface area contributed by atoms with Crippen molar-refractivity contribution in [2.24, 2.45) is 40.6 Å². The maximum atomic E-state index is 12.9. The first kappa shape index (κ1) is 17.2. The van der Waals surface area contributed by atoms with Crippen molar-refractivity contribution in [1.29, 1.82) is 0 Å². The van der Waals surface area contributed by atoms with Gasteiger partial charge in [-0.15, -0.1) is 0 Å². The summed E-state index contributed by atoms with van der Waals surface area (Å²) in [5.41, 5.74) is 1.86. The van der Waals surface area contributed by atoms with E-state index in [1.165, 1.54) is 6.21 Å². The highest BCUT2D eigenvalue weighted by Crippen LogP contribution is 2.65. The Morgan fingerprint density at radius 1 is 1.07 bits per heavy atom. The van der Waals surface area contributed by atoms with E-state index in [1.54, 1.807) is 6.07 Å². The third-order valence-corrected chi connectivity index (χ3v) is 7.43. The molecular formula is C23H19ClN2O3. The number of hydrogen-bond donors (Lipinski definition) is 0. The fourth-order valence-corrected chi connectivity index (χ4v) is 5.67. The Balaban J connectivity index is 1.24. The predicted octanol–water partition coefficient (Wildman–Crippen LogP) is 4.30. The third-order valence-electron chi connectivity index (χ3n) is 7.02. The Morgan fingerprint density at radius 2 is 1.76 bits per heavy atom. The molecule has 5 aliphatic rings. The van der Waals surface area contributed by atoms with Gasteiger partial charge in [-0.3, -0.25) is 9.59 Å². The van der Waals surface area contributed by atoms with Crippen LogP contribution in [0.3, 0.4) is 0 Å². The molecule has 29 heavy (non-hydrogen) atoms. The maximum absolute atomic E-state index is 12.9. The Hall–Kier alpha value is -2.66. The Labute approximate surface area is 173 Å². The SMILES string of the molecule is Cc1ccc(-c2ccc(/C=N\N3C(=O)[C@@H]4[C@H]5C=C[C@@H]([C@@H]6C[C@H]56)[C@@H]4C3=O)o2)cc1Cl. The van der Waals surface area contributed by atoms with Gasteiger partial charge in [0.1, 0.15) is 11.5 Å². The number of imide groups is 1. The molecule has 6 heteroatoms. The largest absolute Gasteiger partial charge is 0.455 e. The smallest absolute Gasteiger partial charge is 0.254 e. The average Bonchev–Trinajstić information content (AvgIpc) is 3.36. The second kappa shape index (κ2) is 5.92. The van der Waals surface area contributed by atoms with E-state index in [4.69, 9.17) is 16.0 Å². The van der Waals surface area contributed by atoms with Gasteiger partial charge in [0.15, 0.2) is 0 Å². The molecule has 2 heterocycles. The van der Waals surface area contributed by atoms with Gasteiger partial charge in [-0.25, -0.2) is 0 Å². The Kier molecular flexibility index (Phi) is 3.52. The Morgan fingerprint density at radius 3 is 2.41 bits per heavy atom. The molecule has 0 spiro atoms. The first-order chi connectivity index (χ1) is 14.0. The van der Waals surface area contributed by atoms with Crippen LogP contribution in [0.15, 0.2) is 52.0 Å². The number of hydrogen-bond acceptors (Lipinski definition) is 4. The quantitative estimate of drug-likeness (QED) is 0.434. The zero-order valence-corrected chi connectivity index (χ0v) is 16.5. The minimum atomic E-state index is -0.236. The maximum Gasteiger partial charge on any atom is 0.254 e. The van der Waals surface area contributed by atoms with E-state index >= 15 is 0 Å². The highest BCUT2D eigenvalue weighted by atomic mass is 35.5. The fourth-order valence-electron chi connectivity index (χ4n) is 5.49. The molecule has 2 aromatic rings. The van der Waals surface area contributed by atoms with Crippen LogP contribution in [0, 0.1) is 42.4 Å². The van der Waals surface area contributed by atoms with Crippen molar-refractivity contribution in [3.8, 4) is 11.3 Å². The molecule has 2 saturated carbocycles. The average molecular weight is 407 g/mol.